The summed E-state index contributed by atoms with van der Waals surface area (Å²) in [4.78, 5) is 13.3. The molecule has 3 nitrogen and oxygen atoms in total. The average molecular weight is 456 g/mol. The number of aliphatic hydroxyl groups is 1. The van der Waals surface area contributed by atoms with Crippen LogP contribution in [0.4, 0.5) is 18.9 Å². The standard InChI is InChI=1S/C22H21ClF3NO2S/c1-22(29)12-3-4-13(22)8-15(7-12)30-19-6-11(2-5-16(19)23)21(28)27-14-9-17(24)20(26)18(25)10-14/h2,5-6,9-10,12-13,15,29H,3-4,7-8H2,1H3,(H,27,28)/t12-,13?,15?,22?/m0/s1. The van der Waals surface area contributed by atoms with Gasteiger partial charge in [0.25, 0.3) is 5.91 Å². The summed E-state index contributed by atoms with van der Waals surface area (Å²) < 4.78 is 39.9. The molecule has 4 rings (SSSR count). The molecule has 2 aromatic carbocycles. The minimum atomic E-state index is -1.58. The molecule has 0 heterocycles. The Hall–Kier alpha value is -1.70. The van der Waals surface area contributed by atoms with E-state index in [1.54, 1.807) is 23.9 Å². The predicted molar refractivity (Wildman–Crippen MR) is 111 cm³/mol. The SMILES string of the molecule is CC1(O)C2CC[C@H]1CC(Sc1cc(C(=O)Nc3cc(F)c(F)c(F)c3)ccc1Cl)C2. The van der Waals surface area contributed by atoms with E-state index in [9.17, 15) is 23.1 Å². The Bertz CT molecular complexity index is 961. The van der Waals surface area contributed by atoms with E-state index >= 15 is 0 Å². The Morgan fingerprint density at radius 2 is 1.73 bits per heavy atom. The molecule has 160 valence electrons. The Labute approximate surface area is 182 Å². The molecule has 4 atom stereocenters. The van der Waals surface area contributed by atoms with Crippen LogP contribution in [0.2, 0.25) is 5.02 Å². The van der Waals surface area contributed by atoms with Crippen LogP contribution in [0.15, 0.2) is 35.2 Å². The van der Waals surface area contributed by atoms with Crippen molar-refractivity contribution in [2.45, 2.75) is 48.4 Å². The predicted octanol–water partition coefficient (Wildman–Crippen LogP) is 6.04. The largest absolute Gasteiger partial charge is 0.390 e. The van der Waals surface area contributed by atoms with Gasteiger partial charge in [-0.25, -0.2) is 13.2 Å². The van der Waals surface area contributed by atoms with Crippen LogP contribution in [0.25, 0.3) is 0 Å². The fourth-order valence-electron chi connectivity index (χ4n) is 4.61. The lowest BCUT2D eigenvalue weighted by molar-refractivity contribution is -0.0407. The summed E-state index contributed by atoms with van der Waals surface area (Å²) in [6.07, 6.45) is 3.81. The van der Waals surface area contributed by atoms with Crippen molar-refractivity contribution in [1.82, 2.24) is 0 Å². The molecule has 3 unspecified atom stereocenters. The highest BCUT2D eigenvalue weighted by Crippen LogP contribution is 2.53. The zero-order valence-electron chi connectivity index (χ0n) is 16.2. The van der Waals surface area contributed by atoms with E-state index in [1.165, 1.54) is 6.07 Å². The first kappa shape index (κ1) is 21.5. The second kappa shape index (κ2) is 8.09. The molecule has 0 aliphatic heterocycles. The van der Waals surface area contributed by atoms with E-state index in [-0.39, 0.29) is 23.1 Å². The van der Waals surface area contributed by atoms with Gasteiger partial charge in [0.15, 0.2) is 17.5 Å². The van der Waals surface area contributed by atoms with Crippen molar-refractivity contribution in [1.29, 1.82) is 0 Å². The first-order valence-corrected chi connectivity index (χ1v) is 11.1. The fraction of sp³-hybridized carbons (Fsp3) is 0.409. The van der Waals surface area contributed by atoms with Gasteiger partial charge < -0.3 is 10.4 Å². The van der Waals surface area contributed by atoms with Crippen molar-refractivity contribution in [2.24, 2.45) is 11.8 Å². The number of carbonyl (C=O) groups excluding carboxylic acids is 1. The maximum absolute atomic E-state index is 13.4. The molecule has 2 saturated carbocycles. The monoisotopic (exact) mass is 455 g/mol. The average Bonchev–Trinajstić information content (AvgIpc) is 2.84. The van der Waals surface area contributed by atoms with Gasteiger partial charge in [-0.3, -0.25) is 4.79 Å². The van der Waals surface area contributed by atoms with Gasteiger partial charge in [-0.1, -0.05) is 11.6 Å². The number of fused-ring (bicyclic) bond motifs is 2. The highest BCUT2D eigenvalue weighted by Gasteiger charge is 2.50. The molecule has 2 N–H and O–H groups in total. The van der Waals surface area contributed by atoms with E-state index < -0.39 is 29.0 Å². The van der Waals surface area contributed by atoms with Crippen LogP contribution in [0, 0.1) is 29.3 Å². The summed E-state index contributed by atoms with van der Waals surface area (Å²) >= 11 is 7.93. The number of hydrogen-bond donors (Lipinski definition) is 2. The van der Waals surface area contributed by atoms with E-state index in [2.05, 4.69) is 5.32 Å². The molecule has 1 amide bonds. The third kappa shape index (κ3) is 4.07. The fourth-order valence-corrected chi connectivity index (χ4v) is 6.25. The quantitative estimate of drug-likeness (QED) is 0.552. The Morgan fingerprint density at radius 1 is 1.13 bits per heavy atom. The molecule has 0 spiro atoms. The van der Waals surface area contributed by atoms with Gasteiger partial charge in [0.1, 0.15) is 0 Å². The maximum Gasteiger partial charge on any atom is 0.255 e. The Kier molecular flexibility index (Phi) is 5.81. The number of halogens is 4. The molecule has 2 aliphatic carbocycles. The lowest BCUT2D eigenvalue weighted by Crippen LogP contribution is -2.42. The van der Waals surface area contributed by atoms with Crippen molar-refractivity contribution in [2.75, 3.05) is 5.32 Å². The van der Waals surface area contributed by atoms with E-state index in [0.717, 1.165) is 42.7 Å². The number of nitrogens with one attached hydrogen (secondary N) is 1. The molecule has 8 heteroatoms. The zero-order valence-corrected chi connectivity index (χ0v) is 17.8. The minimum absolute atomic E-state index is 0.174. The number of rotatable bonds is 4. The molecule has 30 heavy (non-hydrogen) atoms. The third-order valence-electron chi connectivity index (χ3n) is 6.34. The van der Waals surface area contributed by atoms with Crippen LogP contribution in [-0.4, -0.2) is 21.9 Å². The lowest BCUT2D eigenvalue weighted by atomic mass is 9.76. The van der Waals surface area contributed by atoms with Crippen LogP contribution in [-0.2, 0) is 0 Å². The van der Waals surface area contributed by atoms with Gasteiger partial charge in [-0.2, -0.15) is 0 Å². The summed E-state index contributed by atoms with van der Waals surface area (Å²) in [6, 6.07) is 6.23. The number of thioether (sulfide) groups is 1. The molecule has 0 radical (unpaired) electrons. The number of anilines is 1. The van der Waals surface area contributed by atoms with Crippen LogP contribution >= 0.6 is 23.4 Å². The maximum atomic E-state index is 13.4. The topological polar surface area (TPSA) is 49.3 Å². The second-order valence-electron chi connectivity index (χ2n) is 8.26. The summed E-state index contributed by atoms with van der Waals surface area (Å²) in [6.45, 7) is 1.93. The summed E-state index contributed by atoms with van der Waals surface area (Å²) in [7, 11) is 0. The van der Waals surface area contributed by atoms with Crippen LogP contribution in [0.5, 0.6) is 0 Å². The van der Waals surface area contributed by atoms with E-state index in [1.807, 2.05) is 6.92 Å². The molecule has 0 saturated heterocycles. The van der Waals surface area contributed by atoms with Gasteiger partial charge in [-0.15, -0.1) is 11.8 Å². The highest BCUT2D eigenvalue weighted by molar-refractivity contribution is 8.00. The first-order valence-electron chi connectivity index (χ1n) is 9.79. The summed E-state index contributed by atoms with van der Waals surface area (Å²) in [5, 5.41) is 13.8. The van der Waals surface area contributed by atoms with Crippen molar-refractivity contribution < 1.29 is 23.1 Å². The smallest absolute Gasteiger partial charge is 0.255 e. The molecule has 0 aromatic heterocycles. The highest BCUT2D eigenvalue weighted by atomic mass is 35.5. The molecule has 2 aliphatic rings. The van der Waals surface area contributed by atoms with Crippen molar-refractivity contribution in [3.8, 4) is 0 Å². The van der Waals surface area contributed by atoms with Crippen LogP contribution < -0.4 is 5.32 Å². The number of hydrogen-bond acceptors (Lipinski definition) is 3. The number of carbonyl (C=O) groups is 1. The number of amides is 1. The minimum Gasteiger partial charge on any atom is -0.390 e. The van der Waals surface area contributed by atoms with Gasteiger partial charge >= 0.3 is 0 Å². The third-order valence-corrected chi connectivity index (χ3v) is 8.09. The van der Waals surface area contributed by atoms with Crippen molar-refractivity contribution in [3.63, 3.8) is 0 Å². The first-order chi connectivity index (χ1) is 14.1. The zero-order chi connectivity index (χ0) is 21.6. The van der Waals surface area contributed by atoms with Crippen LogP contribution in [0.3, 0.4) is 0 Å². The van der Waals surface area contributed by atoms with Gasteiger partial charge in [0.05, 0.1) is 10.6 Å². The Morgan fingerprint density at radius 3 is 2.33 bits per heavy atom. The van der Waals surface area contributed by atoms with Gasteiger partial charge in [0.2, 0.25) is 0 Å². The van der Waals surface area contributed by atoms with E-state index in [4.69, 9.17) is 11.6 Å². The van der Waals surface area contributed by atoms with Gasteiger partial charge in [0, 0.05) is 33.5 Å². The van der Waals surface area contributed by atoms with Gasteiger partial charge in [-0.05, 0) is 62.6 Å². The normalized spacial score (nSPS) is 27.9. The Balaban J connectivity index is 1.49. The summed E-state index contributed by atoms with van der Waals surface area (Å²) in [5.74, 6) is -4.38. The molecule has 2 fully saturated rings. The molecular formula is C22H21ClF3NO2S. The summed E-state index contributed by atoms with van der Waals surface area (Å²) in [5.41, 5.74) is -0.507. The molecule has 2 aromatic rings. The van der Waals surface area contributed by atoms with Crippen molar-refractivity contribution in [3.05, 3.63) is 58.4 Å². The molecular weight excluding hydrogens is 435 g/mol. The van der Waals surface area contributed by atoms with E-state index in [0.29, 0.717) is 10.3 Å². The second-order valence-corrected chi connectivity index (χ2v) is 10.0. The molecule has 2 bridgehead atoms. The van der Waals surface area contributed by atoms with Crippen molar-refractivity contribution >= 4 is 35.0 Å². The lowest BCUT2D eigenvalue weighted by Gasteiger charge is -2.40. The number of benzene rings is 2. The van der Waals surface area contributed by atoms with Crippen LogP contribution in [0.1, 0.15) is 43.0 Å².